The lowest BCUT2D eigenvalue weighted by Gasteiger charge is -2.10. The smallest absolute Gasteiger partial charge is 0.259 e. The second-order valence-electron chi connectivity index (χ2n) is 7.32. The number of hydrogen-bond donors (Lipinski definition) is 1. The minimum absolute atomic E-state index is 0.0536. The van der Waals surface area contributed by atoms with Crippen LogP contribution in [-0.2, 0) is 23.1 Å². The summed E-state index contributed by atoms with van der Waals surface area (Å²) in [6.07, 6.45) is 1.65. The molecule has 0 radical (unpaired) electrons. The van der Waals surface area contributed by atoms with E-state index in [1.165, 1.54) is 16.9 Å². The zero-order chi connectivity index (χ0) is 22.4. The largest absolute Gasteiger partial charge is 0.376 e. The highest BCUT2D eigenvalue weighted by atomic mass is 19.1. The molecule has 2 aromatic carbocycles. The summed E-state index contributed by atoms with van der Waals surface area (Å²) in [5.74, 6) is -1.93. The van der Waals surface area contributed by atoms with E-state index in [9.17, 15) is 13.6 Å². The highest BCUT2D eigenvalue weighted by Gasteiger charge is 2.20. The minimum Gasteiger partial charge on any atom is -0.376 e. The van der Waals surface area contributed by atoms with Crippen LogP contribution in [0.2, 0.25) is 0 Å². The molecule has 31 heavy (non-hydrogen) atoms. The van der Waals surface area contributed by atoms with E-state index in [0.717, 1.165) is 17.7 Å². The normalized spacial score (nSPS) is 11.2. The van der Waals surface area contributed by atoms with Gasteiger partial charge >= 0.3 is 0 Å². The number of amides is 1. The van der Waals surface area contributed by atoms with E-state index in [2.05, 4.69) is 10.4 Å². The van der Waals surface area contributed by atoms with Crippen molar-refractivity contribution >= 4 is 11.6 Å². The summed E-state index contributed by atoms with van der Waals surface area (Å²) >= 11 is 0. The summed E-state index contributed by atoms with van der Waals surface area (Å²) in [4.78, 5) is 12.9. The molecule has 6 nitrogen and oxygen atoms in total. The van der Waals surface area contributed by atoms with Crippen molar-refractivity contribution in [3.05, 3.63) is 71.4 Å². The van der Waals surface area contributed by atoms with Gasteiger partial charge in [0.25, 0.3) is 5.91 Å². The number of carbonyl (C=O) groups is 1. The van der Waals surface area contributed by atoms with Gasteiger partial charge < -0.3 is 14.8 Å². The van der Waals surface area contributed by atoms with Gasteiger partial charge in [0.05, 0.1) is 31.5 Å². The van der Waals surface area contributed by atoms with Gasteiger partial charge in [-0.25, -0.2) is 8.78 Å². The van der Waals surface area contributed by atoms with Gasteiger partial charge in [-0.2, -0.15) is 5.10 Å². The van der Waals surface area contributed by atoms with Crippen LogP contribution in [0.3, 0.4) is 0 Å². The van der Waals surface area contributed by atoms with Crippen molar-refractivity contribution in [2.45, 2.75) is 26.6 Å². The maximum Gasteiger partial charge on any atom is 0.259 e. The summed E-state index contributed by atoms with van der Waals surface area (Å²) in [5.41, 5.74) is 1.83. The average molecular weight is 429 g/mol. The molecule has 1 N–H and O–H groups in total. The summed E-state index contributed by atoms with van der Waals surface area (Å²) in [6.45, 7) is 5.29. The first-order valence-corrected chi connectivity index (χ1v) is 9.92. The topological polar surface area (TPSA) is 65.4 Å². The Balaban J connectivity index is 1.70. The van der Waals surface area contributed by atoms with Gasteiger partial charge in [0.1, 0.15) is 17.3 Å². The first-order chi connectivity index (χ1) is 14.8. The van der Waals surface area contributed by atoms with Gasteiger partial charge in [-0.3, -0.25) is 9.48 Å². The van der Waals surface area contributed by atoms with Crippen molar-refractivity contribution in [2.75, 3.05) is 18.5 Å². The third kappa shape index (κ3) is 6.19. The van der Waals surface area contributed by atoms with E-state index in [4.69, 9.17) is 9.47 Å². The van der Waals surface area contributed by atoms with Crippen LogP contribution in [0.4, 0.5) is 14.5 Å². The quantitative estimate of drug-likeness (QED) is 0.507. The molecule has 0 spiro atoms. The zero-order valence-electron chi connectivity index (χ0n) is 17.7. The molecule has 0 aliphatic carbocycles. The molecule has 1 amide bonds. The summed E-state index contributed by atoms with van der Waals surface area (Å²) in [7, 11) is 1.63. The SMILES string of the molecule is CC(C)OCCOCc1cccc(NC(=O)c2cn(C)nc2-c2ccc(F)cc2F)c1. The minimum atomic E-state index is -0.784. The number of rotatable bonds is 9. The molecular formula is C23H25F2N3O3. The molecule has 3 aromatic rings. The third-order valence-corrected chi connectivity index (χ3v) is 4.39. The molecule has 0 unspecified atom stereocenters. The number of anilines is 1. The van der Waals surface area contributed by atoms with Crippen LogP contribution < -0.4 is 5.32 Å². The molecule has 0 aliphatic heterocycles. The van der Waals surface area contributed by atoms with Gasteiger partial charge in [-0.1, -0.05) is 12.1 Å². The summed E-state index contributed by atoms with van der Waals surface area (Å²) in [6, 6.07) is 10.4. The highest BCUT2D eigenvalue weighted by molar-refractivity contribution is 6.08. The van der Waals surface area contributed by atoms with Crippen LogP contribution in [0.1, 0.15) is 29.8 Å². The lowest BCUT2D eigenvalue weighted by molar-refractivity contribution is 0.0143. The molecule has 0 fully saturated rings. The van der Waals surface area contributed by atoms with E-state index in [0.29, 0.717) is 25.5 Å². The third-order valence-electron chi connectivity index (χ3n) is 4.39. The fraction of sp³-hybridized carbons (Fsp3) is 0.304. The Kier molecular flexibility index (Phi) is 7.49. The Labute approximate surface area is 179 Å². The maximum absolute atomic E-state index is 14.2. The molecule has 0 aliphatic rings. The van der Waals surface area contributed by atoms with Crippen LogP contribution in [-0.4, -0.2) is 35.0 Å². The Morgan fingerprint density at radius 2 is 1.97 bits per heavy atom. The van der Waals surface area contributed by atoms with E-state index >= 15 is 0 Å². The number of benzene rings is 2. The second kappa shape index (κ2) is 10.3. The van der Waals surface area contributed by atoms with Gasteiger partial charge in [0.2, 0.25) is 0 Å². The lowest BCUT2D eigenvalue weighted by atomic mass is 10.1. The Hall–Kier alpha value is -3.10. The molecule has 1 heterocycles. The number of halogens is 2. The standard InChI is InChI=1S/C23H25F2N3O3/c1-15(2)31-10-9-30-14-16-5-4-6-18(11-16)26-23(29)20-13-28(3)27-22(20)19-8-7-17(24)12-21(19)25/h4-8,11-13,15H,9-10,14H2,1-3H3,(H,26,29). The number of hydrogen-bond acceptors (Lipinski definition) is 4. The van der Waals surface area contributed by atoms with Crippen molar-refractivity contribution in [3.8, 4) is 11.3 Å². The van der Waals surface area contributed by atoms with Crippen LogP contribution in [0.15, 0.2) is 48.7 Å². The van der Waals surface area contributed by atoms with Crippen molar-refractivity contribution < 1.29 is 23.0 Å². The van der Waals surface area contributed by atoms with Crippen molar-refractivity contribution in [2.24, 2.45) is 7.05 Å². The molecule has 8 heteroatoms. The number of nitrogens with one attached hydrogen (secondary N) is 1. The highest BCUT2D eigenvalue weighted by Crippen LogP contribution is 2.26. The molecule has 164 valence electrons. The Morgan fingerprint density at radius 1 is 1.16 bits per heavy atom. The van der Waals surface area contributed by atoms with E-state index in [1.807, 2.05) is 26.0 Å². The molecule has 1 aromatic heterocycles. The molecule has 0 bridgehead atoms. The fourth-order valence-corrected chi connectivity index (χ4v) is 3.01. The molecule has 0 saturated heterocycles. The first-order valence-electron chi connectivity index (χ1n) is 9.92. The van der Waals surface area contributed by atoms with Crippen LogP contribution >= 0.6 is 0 Å². The second-order valence-corrected chi connectivity index (χ2v) is 7.32. The van der Waals surface area contributed by atoms with Crippen LogP contribution in [0.5, 0.6) is 0 Å². The summed E-state index contributed by atoms with van der Waals surface area (Å²) in [5, 5.41) is 6.98. The number of ether oxygens (including phenoxy) is 2. The van der Waals surface area contributed by atoms with Crippen molar-refractivity contribution in [1.82, 2.24) is 9.78 Å². The Morgan fingerprint density at radius 3 is 2.71 bits per heavy atom. The van der Waals surface area contributed by atoms with E-state index < -0.39 is 17.5 Å². The van der Waals surface area contributed by atoms with E-state index in [1.54, 1.807) is 19.2 Å². The van der Waals surface area contributed by atoms with Gasteiger partial charge in [0.15, 0.2) is 0 Å². The fourth-order valence-electron chi connectivity index (χ4n) is 3.01. The van der Waals surface area contributed by atoms with Crippen LogP contribution in [0, 0.1) is 11.6 Å². The monoisotopic (exact) mass is 429 g/mol. The predicted molar refractivity (Wildman–Crippen MR) is 114 cm³/mol. The Bertz CT molecular complexity index is 1050. The van der Waals surface area contributed by atoms with Crippen molar-refractivity contribution in [3.63, 3.8) is 0 Å². The molecule has 0 saturated carbocycles. The number of carbonyl (C=O) groups excluding carboxylic acids is 1. The lowest BCUT2D eigenvalue weighted by Crippen LogP contribution is -2.13. The van der Waals surface area contributed by atoms with Gasteiger partial charge in [0, 0.05) is 30.6 Å². The molecular weight excluding hydrogens is 404 g/mol. The maximum atomic E-state index is 14.2. The van der Waals surface area contributed by atoms with E-state index in [-0.39, 0.29) is 22.9 Å². The number of aromatic nitrogens is 2. The zero-order valence-corrected chi connectivity index (χ0v) is 17.7. The predicted octanol–water partition coefficient (Wildman–Crippen LogP) is 4.56. The van der Waals surface area contributed by atoms with Crippen molar-refractivity contribution in [1.29, 1.82) is 0 Å². The van der Waals surface area contributed by atoms with Gasteiger partial charge in [-0.15, -0.1) is 0 Å². The molecule has 3 rings (SSSR count). The number of aryl methyl sites for hydroxylation is 1. The van der Waals surface area contributed by atoms with Crippen LogP contribution in [0.25, 0.3) is 11.3 Å². The van der Waals surface area contributed by atoms with Gasteiger partial charge in [-0.05, 0) is 43.7 Å². The first kappa shape index (κ1) is 22.6. The molecule has 0 atom stereocenters. The summed E-state index contributed by atoms with van der Waals surface area (Å²) < 4.78 is 39.9. The number of nitrogens with zero attached hydrogens (tertiary/aromatic N) is 2. The average Bonchev–Trinajstić information content (AvgIpc) is 3.09.